The Kier molecular flexibility index (Phi) is 9.44. The van der Waals surface area contributed by atoms with Gasteiger partial charge in [0.05, 0.1) is 18.1 Å². The molecule has 0 spiro atoms. The molecule has 4 aliphatic rings. The van der Waals surface area contributed by atoms with Gasteiger partial charge in [0.1, 0.15) is 17.2 Å². The molecule has 240 valence electrons. The summed E-state index contributed by atoms with van der Waals surface area (Å²) in [5, 5.41) is 9.72. The number of anilines is 1. The molecule has 1 amide bonds. The fourth-order valence-electron chi connectivity index (χ4n) is 6.74. The Morgan fingerprint density at radius 2 is 1.80 bits per heavy atom. The summed E-state index contributed by atoms with van der Waals surface area (Å²) in [7, 11) is 0. The topological polar surface area (TPSA) is 97.7 Å². The predicted octanol–water partition coefficient (Wildman–Crippen LogP) is 6.66. The van der Waals surface area contributed by atoms with Crippen LogP contribution in [0.5, 0.6) is 0 Å². The van der Waals surface area contributed by atoms with Crippen LogP contribution in [0.4, 0.5) is 10.5 Å². The number of aromatic nitrogens is 2. The van der Waals surface area contributed by atoms with Crippen LogP contribution in [0.3, 0.4) is 0 Å². The molecular formula is C35H45ClN6O3. The summed E-state index contributed by atoms with van der Waals surface area (Å²) < 4.78 is 11.7. The van der Waals surface area contributed by atoms with Crippen LogP contribution in [-0.2, 0) is 9.47 Å². The fourth-order valence-corrected chi connectivity index (χ4v) is 6.99. The number of nitrogens with zero attached hydrogens (tertiary/aromatic N) is 5. The van der Waals surface area contributed by atoms with Crippen LogP contribution in [0.15, 0.2) is 53.4 Å². The molecule has 2 aliphatic carbocycles. The highest BCUT2D eigenvalue weighted by atomic mass is 35.5. The molecular weight excluding hydrogens is 588 g/mol. The van der Waals surface area contributed by atoms with E-state index in [1.54, 1.807) is 6.08 Å². The number of aromatic amines is 1. The highest BCUT2D eigenvalue weighted by Gasteiger charge is 2.32. The Hall–Kier alpha value is -3.48. The molecule has 1 aromatic heterocycles. The first-order chi connectivity index (χ1) is 21.6. The molecule has 0 bridgehead atoms. The molecule has 2 aliphatic heterocycles. The number of carbonyl (C=O) groups excluding carboxylic acids is 1. The minimum Gasteiger partial charge on any atom is -0.491 e. The van der Waals surface area contributed by atoms with Gasteiger partial charge in [-0.15, -0.1) is 0 Å². The lowest BCUT2D eigenvalue weighted by Crippen LogP contribution is -2.55. The molecule has 0 radical (unpaired) electrons. The lowest BCUT2D eigenvalue weighted by molar-refractivity contribution is 0.0129. The van der Waals surface area contributed by atoms with E-state index >= 15 is 0 Å². The van der Waals surface area contributed by atoms with Crippen molar-refractivity contribution >= 4 is 23.4 Å². The monoisotopic (exact) mass is 632 g/mol. The van der Waals surface area contributed by atoms with Crippen molar-refractivity contribution < 1.29 is 14.3 Å². The molecule has 1 saturated carbocycles. The van der Waals surface area contributed by atoms with Crippen LogP contribution in [-0.4, -0.2) is 83.4 Å². The summed E-state index contributed by atoms with van der Waals surface area (Å²) in [6.45, 7) is 12.2. The maximum Gasteiger partial charge on any atom is 0.410 e. The summed E-state index contributed by atoms with van der Waals surface area (Å²) >= 11 is 6.24. The SMILES string of the molecule is CC(C)(C)OC(=O)N1CCN(CC2CN(c3ccc(-c4ncc(C5CCC(OC6=CCC(C#N)C(Cl)=C6)CC5)[nH]4)cc3)C2)CC1. The predicted molar refractivity (Wildman–Crippen MR) is 176 cm³/mol. The minimum atomic E-state index is -0.452. The number of carbonyl (C=O) groups is 1. The van der Waals surface area contributed by atoms with Gasteiger partial charge in [0, 0.05) is 85.8 Å². The molecule has 1 atom stereocenters. The van der Waals surface area contributed by atoms with Gasteiger partial charge in [0.2, 0.25) is 0 Å². The lowest BCUT2D eigenvalue weighted by atomic mass is 9.85. The summed E-state index contributed by atoms with van der Waals surface area (Å²) in [4.78, 5) is 27.4. The number of benzene rings is 1. The third-order valence-electron chi connectivity index (χ3n) is 9.34. The Bertz CT molecular complexity index is 1430. The summed E-state index contributed by atoms with van der Waals surface area (Å²) in [6, 6.07) is 11.0. The number of imidazole rings is 1. The zero-order chi connectivity index (χ0) is 31.6. The summed E-state index contributed by atoms with van der Waals surface area (Å²) in [5.74, 6) is 2.56. The second-order valence-corrected chi connectivity index (χ2v) is 14.4. The van der Waals surface area contributed by atoms with Gasteiger partial charge in [0.15, 0.2) is 0 Å². The maximum atomic E-state index is 12.3. The number of allylic oxidation sites excluding steroid dienone is 3. The maximum absolute atomic E-state index is 12.3. The molecule has 2 aromatic rings. The van der Waals surface area contributed by atoms with Crippen molar-refractivity contribution in [3.8, 4) is 17.5 Å². The smallest absolute Gasteiger partial charge is 0.410 e. The van der Waals surface area contributed by atoms with Crippen molar-refractivity contribution in [2.75, 3.05) is 50.7 Å². The minimum absolute atomic E-state index is 0.178. The van der Waals surface area contributed by atoms with Crippen LogP contribution < -0.4 is 4.90 Å². The molecule has 2 saturated heterocycles. The Morgan fingerprint density at radius 1 is 1.09 bits per heavy atom. The average Bonchev–Trinajstić information content (AvgIpc) is 3.49. The number of piperazine rings is 1. The molecule has 10 heteroatoms. The normalized spacial score (nSPS) is 24.7. The zero-order valence-corrected chi connectivity index (χ0v) is 27.4. The second kappa shape index (κ2) is 13.5. The molecule has 1 unspecified atom stereocenters. The number of amides is 1. The van der Waals surface area contributed by atoms with E-state index in [-0.39, 0.29) is 18.1 Å². The van der Waals surface area contributed by atoms with Crippen LogP contribution >= 0.6 is 11.6 Å². The van der Waals surface area contributed by atoms with Crippen molar-refractivity contribution in [1.82, 2.24) is 19.8 Å². The van der Waals surface area contributed by atoms with Gasteiger partial charge in [0.25, 0.3) is 0 Å². The van der Waals surface area contributed by atoms with E-state index in [1.807, 2.05) is 37.9 Å². The third-order valence-corrected chi connectivity index (χ3v) is 9.71. The van der Waals surface area contributed by atoms with Crippen LogP contribution in [0, 0.1) is 23.2 Å². The van der Waals surface area contributed by atoms with E-state index in [4.69, 9.17) is 31.3 Å². The Morgan fingerprint density at radius 3 is 2.44 bits per heavy atom. The van der Waals surface area contributed by atoms with Crippen molar-refractivity contribution in [3.63, 3.8) is 0 Å². The number of halogens is 1. The van der Waals surface area contributed by atoms with Crippen LogP contribution in [0.1, 0.15) is 64.5 Å². The van der Waals surface area contributed by atoms with Gasteiger partial charge in [-0.25, -0.2) is 9.78 Å². The first-order valence-electron chi connectivity index (χ1n) is 16.4. The molecule has 3 heterocycles. The quantitative estimate of drug-likeness (QED) is 0.365. The molecule has 6 rings (SSSR count). The van der Waals surface area contributed by atoms with Gasteiger partial charge < -0.3 is 24.3 Å². The van der Waals surface area contributed by atoms with E-state index in [9.17, 15) is 4.79 Å². The first-order valence-corrected chi connectivity index (χ1v) is 16.8. The molecule has 9 nitrogen and oxygen atoms in total. The highest BCUT2D eigenvalue weighted by molar-refractivity contribution is 6.30. The number of nitrogens with one attached hydrogen (secondary N) is 1. The molecule has 1 aromatic carbocycles. The zero-order valence-electron chi connectivity index (χ0n) is 26.7. The second-order valence-electron chi connectivity index (χ2n) is 13.9. The van der Waals surface area contributed by atoms with E-state index in [1.165, 1.54) is 11.4 Å². The largest absolute Gasteiger partial charge is 0.491 e. The number of hydrogen-bond acceptors (Lipinski definition) is 7. The van der Waals surface area contributed by atoms with Crippen molar-refractivity contribution in [2.45, 2.75) is 70.5 Å². The fraction of sp³-hybridized carbons (Fsp3) is 0.571. The lowest BCUT2D eigenvalue weighted by Gasteiger charge is -2.44. The molecule has 1 N–H and O–H groups in total. The van der Waals surface area contributed by atoms with Gasteiger partial charge >= 0.3 is 6.09 Å². The highest BCUT2D eigenvalue weighted by Crippen LogP contribution is 2.36. The Labute approximate surface area is 271 Å². The summed E-state index contributed by atoms with van der Waals surface area (Å²) in [5.41, 5.74) is 3.10. The van der Waals surface area contributed by atoms with Gasteiger partial charge in [-0.3, -0.25) is 4.90 Å². The van der Waals surface area contributed by atoms with Gasteiger partial charge in [-0.2, -0.15) is 5.26 Å². The molecule has 3 fully saturated rings. The number of ether oxygens (including phenoxy) is 2. The van der Waals surface area contributed by atoms with Gasteiger partial charge in [-0.1, -0.05) is 11.6 Å². The average molecular weight is 633 g/mol. The third kappa shape index (κ3) is 7.85. The standard InChI is InChI=1S/C35H45ClN6O3/c1-35(2,3)45-34(43)41-16-14-40(15-17-41)21-24-22-42(23-24)28-9-4-26(5-10-28)33-38-20-32(39-33)25-6-11-29(12-7-25)44-30-13-8-27(19-37)31(36)18-30/h4-5,9-10,13,18,20,24-25,27,29H,6-8,11-12,14-17,21-23H2,1-3H3,(H,38,39). The van der Waals surface area contributed by atoms with E-state index in [2.05, 4.69) is 45.1 Å². The number of nitriles is 1. The first kappa shape index (κ1) is 31.5. The van der Waals surface area contributed by atoms with Gasteiger partial charge in [-0.05, 0) is 89.3 Å². The van der Waals surface area contributed by atoms with E-state index in [0.717, 1.165) is 88.6 Å². The number of hydrogen-bond donors (Lipinski definition) is 1. The van der Waals surface area contributed by atoms with Crippen molar-refractivity contribution in [1.29, 1.82) is 5.26 Å². The summed E-state index contributed by atoms with van der Waals surface area (Å²) in [6.07, 6.45) is 10.4. The van der Waals surface area contributed by atoms with Crippen molar-refractivity contribution in [3.05, 3.63) is 59.1 Å². The van der Waals surface area contributed by atoms with E-state index in [0.29, 0.717) is 23.3 Å². The van der Waals surface area contributed by atoms with Crippen LogP contribution in [0.25, 0.3) is 11.4 Å². The van der Waals surface area contributed by atoms with Crippen molar-refractivity contribution in [2.24, 2.45) is 11.8 Å². The van der Waals surface area contributed by atoms with Crippen LogP contribution in [0.2, 0.25) is 0 Å². The van der Waals surface area contributed by atoms with E-state index < -0.39 is 5.60 Å². The Balaban J connectivity index is 0.922. The number of H-pyrrole nitrogens is 1. The number of rotatable bonds is 7. The molecule has 45 heavy (non-hydrogen) atoms.